The minimum absolute atomic E-state index is 0.0395. The van der Waals surface area contributed by atoms with Gasteiger partial charge in [0.1, 0.15) is 0 Å². The molecule has 2 aliphatic rings. The Morgan fingerprint density at radius 3 is 2.52 bits per heavy atom. The van der Waals surface area contributed by atoms with Crippen molar-refractivity contribution in [1.82, 2.24) is 5.32 Å². The molecule has 0 aromatic heterocycles. The van der Waals surface area contributed by atoms with Crippen LogP contribution in [0, 0.1) is 5.41 Å². The van der Waals surface area contributed by atoms with E-state index in [9.17, 15) is 9.59 Å². The SMILES string of the molecule is CC(C)(C)C(=O)N1CCc2cccc(C(=O)NC3CCCC3)c21. The number of carbonyl (C=O) groups is 2. The van der Waals surface area contributed by atoms with Crippen molar-refractivity contribution in [3.8, 4) is 0 Å². The molecule has 4 heteroatoms. The lowest BCUT2D eigenvalue weighted by Gasteiger charge is -2.27. The van der Waals surface area contributed by atoms with Gasteiger partial charge in [-0.25, -0.2) is 0 Å². The fourth-order valence-electron chi connectivity index (χ4n) is 3.58. The van der Waals surface area contributed by atoms with E-state index in [2.05, 4.69) is 5.32 Å². The second-order valence-electron chi connectivity index (χ2n) is 7.72. The Morgan fingerprint density at radius 1 is 1.17 bits per heavy atom. The highest BCUT2D eigenvalue weighted by Gasteiger charge is 2.35. The van der Waals surface area contributed by atoms with Gasteiger partial charge in [-0.2, -0.15) is 0 Å². The van der Waals surface area contributed by atoms with Crippen molar-refractivity contribution >= 4 is 17.5 Å². The van der Waals surface area contributed by atoms with E-state index in [1.165, 1.54) is 12.8 Å². The van der Waals surface area contributed by atoms with E-state index < -0.39 is 5.41 Å². The van der Waals surface area contributed by atoms with Gasteiger partial charge in [-0.05, 0) is 30.9 Å². The van der Waals surface area contributed by atoms with Crippen molar-refractivity contribution in [3.05, 3.63) is 29.3 Å². The molecule has 1 N–H and O–H groups in total. The van der Waals surface area contributed by atoms with Gasteiger partial charge < -0.3 is 10.2 Å². The number of nitrogens with one attached hydrogen (secondary N) is 1. The van der Waals surface area contributed by atoms with Gasteiger partial charge in [0, 0.05) is 18.0 Å². The zero-order chi connectivity index (χ0) is 16.6. The summed E-state index contributed by atoms with van der Waals surface area (Å²) in [4.78, 5) is 27.3. The molecule has 4 nitrogen and oxygen atoms in total. The lowest BCUT2D eigenvalue weighted by molar-refractivity contribution is -0.125. The van der Waals surface area contributed by atoms with Gasteiger partial charge in [-0.1, -0.05) is 45.7 Å². The zero-order valence-electron chi connectivity index (χ0n) is 14.3. The minimum atomic E-state index is -0.448. The number of nitrogens with zero attached hydrogens (tertiary/aromatic N) is 1. The lowest BCUT2D eigenvalue weighted by atomic mass is 9.94. The third kappa shape index (κ3) is 3.12. The van der Waals surface area contributed by atoms with Crippen LogP contribution < -0.4 is 10.2 Å². The molecule has 1 aliphatic heterocycles. The summed E-state index contributed by atoms with van der Waals surface area (Å²) in [5.41, 5.74) is 2.12. The van der Waals surface area contributed by atoms with Crippen LogP contribution in [0.3, 0.4) is 0 Å². The highest BCUT2D eigenvalue weighted by atomic mass is 16.2. The average Bonchev–Trinajstić information content (AvgIpc) is 3.14. The molecule has 23 heavy (non-hydrogen) atoms. The molecule has 0 bridgehead atoms. The Morgan fingerprint density at radius 2 is 1.87 bits per heavy atom. The number of fused-ring (bicyclic) bond motifs is 1. The van der Waals surface area contributed by atoms with Crippen molar-refractivity contribution in [3.63, 3.8) is 0 Å². The molecule has 1 fully saturated rings. The molecule has 0 unspecified atom stereocenters. The fourth-order valence-corrected chi connectivity index (χ4v) is 3.58. The van der Waals surface area contributed by atoms with E-state index in [-0.39, 0.29) is 17.9 Å². The molecule has 2 amide bonds. The molecular weight excluding hydrogens is 288 g/mol. The molecule has 1 saturated carbocycles. The van der Waals surface area contributed by atoms with E-state index in [0.717, 1.165) is 30.5 Å². The Balaban J connectivity index is 1.90. The van der Waals surface area contributed by atoms with Crippen LogP contribution in [0.2, 0.25) is 0 Å². The molecule has 124 valence electrons. The first-order valence-electron chi connectivity index (χ1n) is 8.62. The van der Waals surface area contributed by atoms with Crippen molar-refractivity contribution in [1.29, 1.82) is 0 Å². The summed E-state index contributed by atoms with van der Waals surface area (Å²) in [6, 6.07) is 6.08. The summed E-state index contributed by atoms with van der Waals surface area (Å²) in [6.45, 7) is 6.44. The topological polar surface area (TPSA) is 49.4 Å². The molecule has 1 aromatic carbocycles. The third-order valence-electron chi connectivity index (χ3n) is 4.82. The van der Waals surface area contributed by atoms with Gasteiger partial charge in [0.25, 0.3) is 5.91 Å². The van der Waals surface area contributed by atoms with E-state index in [1.54, 1.807) is 4.90 Å². The van der Waals surface area contributed by atoms with Crippen LogP contribution in [-0.4, -0.2) is 24.4 Å². The number of carbonyl (C=O) groups excluding carboxylic acids is 2. The molecule has 0 atom stereocenters. The normalized spacial score (nSPS) is 18.1. The number of hydrogen-bond acceptors (Lipinski definition) is 2. The minimum Gasteiger partial charge on any atom is -0.349 e. The van der Waals surface area contributed by atoms with E-state index in [0.29, 0.717) is 12.1 Å². The predicted octanol–water partition coefficient (Wildman–Crippen LogP) is 3.29. The molecule has 0 spiro atoms. The zero-order valence-corrected chi connectivity index (χ0v) is 14.3. The Labute approximate surface area is 138 Å². The monoisotopic (exact) mass is 314 g/mol. The summed E-state index contributed by atoms with van der Waals surface area (Å²) in [7, 11) is 0. The second kappa shape index (κ2) is 5.99. The maximum absolute atomic E-state index is 12.7. The maximum Gasteiger partial charge on any atom is 0.253 e. The maximum atomic E-state index is 12.7. The molecular formula is C19H26N2O2. The first-order chi connectivity index (χ1) is 10.9. The van der Waals surface area contributed by atoms with Crippen molar-refractivity contribution in [2.24, 2.45) is 5.41 Å². The summed E-state index contributed by atoms with van der Waals surface area (Å²) < 4.78 is 0. The van der Waals surface area contributed by atoms with Crippen molar-refractivity contribution in [2.75, 3.05) is 11.4 Å². The fraction of sp³-hybridized carbons (Fsp3) is 0.579. The Kier molecular flexibility index (Phi) is 4.17. The van der Waals surface area contributed by atoms with Crippen molar-refractivity contribution in [2.45, 2.75) is 58.9 Å². The van der Waals surface area contributed by atoms with Crippen LogP contribution in [0.1, 0.15) is 62.4 Å². The molecule has 1 aliphatic carbocycles. The van der Waals surface area contributed by atoms with Crippen LogP contribution in [0.15, 0.2) is 18.2 Å². The highest BCUT2D eigenvalue weighted by Crippen LogP contribution is 2.35. The number of para-hydroxylation sites is 1. The average molecular weight is 314 g/mol. The quantitative estimate of drug-likeness (QED) is 0.910. The van der Waals surface area contributed by atoms with Gasteiger partial charge in [0.05, 0.1) is 11.3 Å². The van der Waals surface area contributed by atoms with Crippen LogP contribution >= 0.6 is 0 Å². The van der Waals surface area contributed by atoms with Crippen LogP contribution in [0.5, 0.6) is 0 Å². The standard InChI is InChI=1S/C19H26N2O2/c1-19(2,3)18(23)21-12-11-13-7-6-10-15(16(13)21)17(22)20-14-8-4-5-9-14/h6-7,10,14H,4-5,8-9,11-12H2,1-3H3,(H,20,22). The third-order valence-corrected chi connectivity index (χ3v) is 4.82. The molecule has 3 rings (SSSR count). The molecule has 1 aromatic rings. The predicted molar refractivity (Wildman–Crippen MR) is 91.7 cm³/mol. The largest absolute Gasteiger partial charge is 0.349 e. The summed E-state index contributed by atoms with van der Waals surface area (Å²) in [5.74, 6) is 0.0414. The van der Waals surface area contributed by atoms with Gasteiger partial charge in [-0.15, -0.1) is 0 Å². The Bertz CT molecular complexity index is 625. The van der Waals surface area contributed by atoms with Crippen molar-refractivity contribution < 1.29 is 9.59 Å². The van der Waals surface area contributed by atoms with E-state index in [4.69, 9.17) is 0 Å². The van der Waals surface area contributed by atoms with Crippen LogP contribution in [-0.2, 0) is 11.2 Å². The van der Waals surface area contributed by atoms with Crippen LogP contribution in [0.25, 0.3) is 0 Å². The van der Waals surface area contributed by atoms with Gasteiger partial charge >= 0.3 is 0 Å². The lowest BCUT2D eigenvalue weighted by Crippen LogP contribution is -2.40. The second-order valence-corrected chi connectivity index (χ2v) is 7.72. The summed E-state index contributed by atoms with van der Waals surface area (Å²) in [5, 5.41) is 3.15. The summed E-state index contributed by atoms with van der Waals surface area (Å²) in [6.07, 6.45) is 5.32. The first-order valence-corrected chi connectivity index (χ1v) is 8.62. The molecule has 0 radical (unpaired) electrons. The first kappa shape index (κ1) is 16.0. The van der Waals surface area contributed by atoms with E-state index in [1.807, 2.05) is 39.0 Å². The van der Waals surface area contributed by atoms with E-state index >= 15 is 0 Å². The van der Waals surface area contributed by atoms with Crippen LogP contribution in [0.4, 0.5) is 5.69 Å². The number of hydrogen-bond donors (Lipinski definition) is 1. The number of rotatable bonds is 2. The highest BCUT2D eigenvalue weighted by molar-refractivity contribution is 6.07. The Hall–Kier alpha value is -1.84. The van der Waals surface area contributed by atoms with Gasteiger partial charge in [0.2, 0.25) is 5.91 Å². The number of benzene rings is 1. The van der Waals surface area contributed by atoms with Gasteiger partial charge in [-0.3, -0.25) is 9.59 Å². The molecule has 0 saturated heterocycles. The summed E-state index contributed by atoms with van der Waals surface area (Å²) >= 11 is 0. The van der Waals surface area contributed by atoms with Gasteiger partial charge in [0.15, 0.2) is 0 Å². The number of anilines is 1. The smallest absolute Gasteiger partial charge is 0.253 e. The number of amides is 2. The molecule has 1 heterocycles.